The predicted octanol–water partition coefficient (Wildman–Crippen LogP) is 5.79. The summed E-state index contributed by atoms with van der Waals surface area (Å²) < 4.78 is 13.4. The average Bonchev–Trinajstić information content (AvgIpc) is 2.80. The van der Waals surface area contributed by atoms with Gasteiger partial charge in [-0.05, 0) is 81.1 Å². The van der Waals surface area contributed by atoms with E-state index in [1.807, 2.05) is 24.4 Å². The second-order valence-corrected chi connectivity index (χ2v) is 9.51. The van der Waals surface area contributed by atoms with E-state index in [1.165, 1.54) is 44.1 Å². The van der Waals surface area contributed by atoms with Crippen LogP contribution in [0.5, 0.6) is 0 Å². The van der Waals surface area contributed by atoms with Crippen molar-refractivity contribution < 1.29 is 4.39 Å². The summed E-state index contributed by atoms with van der Waals surface area (Å²) >= 11 is 5.58. The molecule has 0 amide bonds. The molecule has 1 aromatic carbocycles. The highest BCUT2D eigenvalue weighted by atomic mass is 32.1. The smallest absolute Gasteiger partial charge is 0.170 e. The predicted molar refractivity (Wildman–Crippen MR) is 130 cm³/mol. The molecule has 2 aliphatic rings. The molecule has 1 aromatic heterocycles. The highest BCUT2D eigenvalue weighted by Crippen LogP contribution is 2.39. The van der Waals surface area contributed by atoms with E-state index in [1.54, 1.807) is 12.1 Å². The van der Waals surface area contributed by atoms with Crippen LogP contribution in [0, 0.1) is 5.82 Å². The van der Waals surface area contributed by atoms with E-state index in [0.717, 1.165) is 37.4 Å². The number of nitrogens with zero attached hydrogens (tertiary/aromatic N) is 2. The number of pyridine rings is 1. The van der Waals surface area contributed by atoms with Crippen molar-refractivity contribution in [2.75, 3.05) is 23.3 Å². The topological polar surface area (TPSA) is 40.2 Å². The van der Waals surface area contributed by atoms with Crippen molar-refractivity contribution in [1.82, 2.24) is 10.3 Å². The lowest BCUT2D eigenvalue weighted by Crippen LogP contribution is -2.43. The number of hydrogen-bond donors (Lipinski definition) is 2. The summed E-state index contributed by atoms with van der Waals surface area (Å²) in [6.07, 6.45) is 11.5. The summed E-state index contributed by atoms with van der Waals surface area (Å²) in [6.45, 7) is 4.10. The Hall–Kier alpha value is -2.21. The molecule has 2 aromatic rings. The molecule has 1 atom stereocenters. The van der Waals surface area contributed by atoms with Crippen molar-refractivity contribution in [1.29, 1.82) is 0 Å². The van der Waals surface area contributed by atoms with Crippen molar-refractivity contribution in [2.24, 2.45) is 0 Å². The fourth-order valence-electron chi connectivity index (χ4n) is 5.09. The van der Waals surface area contributed by atoms with Gasteiger partial charge in [0.05, 0.1) is 11.9 Å². The summed E-state index contributed by atoms with van der Waals surface area (Å²) in [4.78, 5) is 7.05. The molecule has 0 bridgehead atoms. The van der Waals surface area contributed by atoms with Crippen molar-refractivity contribution in [3.63, 3.8) is 0 Å². The second-order valence-electron chi connectivity index (χ2n) is 9.10. The first kappa shape index (κ1) is 22.0. The van der Waals surface area contributed by atoms with E-state index < -0.39 is 0 Å². The maximum atomic E-state index is 13.4. The largest absolute Gasteiger partial charge is 0.362 e. The molecule has 1 saturated heterocycles. The van der Waals surface area contributed by atoms with Gasteiger partial charge in [0, 0.05) is 24.5 Å². The van der Waals surface area contributed by atoms with Crippen LogP contribution in [0.15, 0.2) is 42.6 Å². The number of aromatic nitrogens is 1. The first-order valence-corrected chi connectivity index (χ1v) is 12.0. The maximum Gasteiger partial charge on any atom is 0.170 e. The van der Waals surface area contributed by atoms with Gasteiger partial charge < -0.3 is 15.5 Å². The summed E-state index contributed by atoms with van der Waals surface area (Å²) in [5.74, 6) is 0.851. The lowest BCUT2D eigenvalue weighted by Gasteiger charge is -2.38. The monoisotopic (exact) mass is 440 g/mol. The first-order chi connectivity index (χ1) is 15.1. The van der Waals surface area contributed by atoms with Gasteiger partial charge in [-0.3, -0.25) is 0 Å². The number of rotatable bonds is 5. The SMILES string of the molecule is C[C@@H]1CCCCN1c1ccc(NC(=S)NCC2(c3ccc(F)cc3)CCCCC2)cn1. The minimum atomic E-state index is -0.185. The van der Waals surface area contributed by atoms with Gasteiger partial charge in [0.15, 0.2) is 5.11 Å². The molecular formula is C25H33FN4S. The van der Waals surface area contributed by atoms with Crippen LogP contribution >= 0.6 is 12.2 Å². The fourth-order valence-corrected chi connectivity index (χ4v) is 5.28. The Balaban J connectivity index is 1.37. The molecule has 2 fully saturated rings. The molecule has 166 valence electrons. The Labute approximate surface area is 190 Å². The molecule has 4 nitrogen and oxygen atoms in total. The third-order valence-electron chi connectivity index (χ3n) is 6.96. The standard InChI is InChI=1S/C25H33FN4S/c1-19-7-3-6-16-30(19)23-13-12-22(17-27-23)29-24(31)28-18-25(14-4-2-5-15-25)20-8-10-21(26)11-9-20/h8-13,17,19H,2-7,14-16,18H2,1H3,(H2,28,29,31)/t19-/m1/s1. The molecule has 2 N–H and O–H groups in total. The molecule has 1 saturated carbocycles. The number of anilines is 2. The minimum Gasteiger partial charge on any atom is -0.362 e. The van der Waals surface area contributed by atoms with Crippen molar-refractivity contribution >= 4 is 28.8 Å². The van der Waals surface area contributed by atoms with E-state index >= 15 is 0 Å². The minimum absolute atomic E-state index is 0.00416. The molecule has 2 heterocycles. The van der Waals surface area contributed by atoms with E-state index in [2.05, 4.69) is 33.5 Å². The quantitative estimate of drug-likeness (QED) is 0.576. The van der Waals surface area contributed by atoms with Gasteiger partial charge >= 0.3 is 0 Å². The summed E-state index contributed by atoms with van der Waals surface area (Å²) in [7, 11) is 0. The molecule has 6 heteroatoms. The third kappa shape index (κ3) is 5.35. The second kappa shape index (κ2) is 9.94. The Morgan fingerprint density at radius 1 is 1.10 bits per heavy atom. The molecule has 1 aliphatic heterocycles. The van der Waals surface area contributed by atoms with E-state index in [4.69, 9.17) is 12.2 Å². The Kier molecular flexibility index (Phi) is 7.06. The summed E-state index contributed by atoms with van der Waals surface area (Å²) in [5, 5.41) is 7.31. The van der Waals surface area contributed by atoms with Gasteiger partial charge in [0.2, 0.25) is 0 Å². The lowest BCUT2D eigenvalue weighted by molar-refractivity contribution is 0.292. The Morgan fingerprint density at radius 2 is 1.87 bits per heavy atom. The molecule has 4 rings (SSSR count). The van der Waals surface area contributed by atoms with E-state index in [0.29, 0.717) is 11.2 Å². The van der Waals surface area contributed by atoms with Gasteiger partial charge in [-0.15, -0.1) is 0 Å². The lowest BCUT2D eigenvalue weighted by atomic mass is 9.69. The first-order valence-electron chi connectivity index (χ1n) is 11.6. The molecular weight excluding hydrogens is 407 g/mol. The number of halogens is 1. The maximum absolute atomic E-state index is 13.4. The average molecular weight is 441 g/mol. The Morgan fingerprint density at radius 3 is 2.55 bits per heavy atom. The van der Waals surface area contributed by atoms with Gasteiger partial charge in [-0.1, -0.05) is 31.4 Å². The third-order valence-corrected chi connectivity index (χ3v) is 7.20. The number of thiocarbonyl (C=S) groups is 1. The van der Waals surface area contributed by atoms with Crippen LogP contribution in [0.2, 0.25) is 0 Å². The van der Waals surface area contributed by atoms with E-state index in [-0.39, 0.29) is 11.2 Å². The fraction of sp³-hybridized carbons (Fsp3) is 0.520. The van der Waals surface area contributed by atoms with Crippen molar-refractivity contribution in [3.05, 3.63) is 54.0 Å². The number of piperidine rings is 1. The van der Waals surface area contributed by atoms with Crippen LogP contribution in [-0.2, 0) is 5.41 Å². The number of nitrogens with one attached hydrogen (secondary N) is 2. The van der Waals surface area contributed by atoms with Crippen LogP contribution in [0.25, 0.3) is 0 Å². The number of benzene rings is 1. The van der Waals surface area contributed by atoms with Crippen molar-refractivity contribution in [3.8, 4) is 0 Å². The highest BCUT2D eigenvalue weighted by molar-refractivity contribution is 7.80. The summed E-state index contributed by atoms with van der Waals surface area (Å²) in [6, 6.07) is 11.7. The van der Waals surface area contributed by atoms with Crippen LogP contribution < -0.4 is 15.5 Å². The van der Waals surface area contributed by atoms with Crippen LogP contribution in [-0.4, -0.2) is 29.2 Å². The zero-order chi connectivity index (χ0) is 21.7. The molecule has 1 aliphatic carbocycles. The van der Waals surface area contributed by atoms with E-state index in [9.17, 15) is 4.39 Å². The van der Waals surface area contributed by atoms with Gasteiger partial charge in [0.1, 0.15) is 11.6 Å². The highest BCUT2D eigenvalue weighted by Gasteiger charge is 2.34. The van der Waals surface area contributed by atoms with Crippen molar-refractivity contribution in [2.45, 2.75) is 69.7 Å². The molecule has 0 unspecified atom stereocenters. The van der Waals surface area contributed by atoms with Gasteiger partial charge in [-0.25, -0.2) is 9.37 Å². The van der Waals surface area contributed by atoms with Crippen LogP contribution in [0.4, 0.5) is 15.9 Å². The molecule has 31 heavy (non-hydrogen) atoms. The summed E-state index contributed by atoms with van der Waals surface area (Å²) in [5.41, 5.74) is 2.10. The Bertz CT molecular complexity index is 862. The zero-order valence-corrected chi connectivity index (χ0v) is 19.2. The van der Waals surface area contributed by atoms with Gasteiger partial charge in [-0.2, -0.15) is 0 Å². The van der Waals surface area contributed by atoms with Crippen LogP contribution in [0.1, 0.15) is 63.9 Å². The van der Waals surface area contributed by atoms with Crippen LogP contribution in [0.3, 0.4) is 0 Å². The van der Waals surface area contributed by atoms with Gasteiger partial charge in [0.25, 0.3) is 0 Å². The number of hydrogen-bond acceptors (Lipinski definition) is 3. The molecule has 0 radical (unpaired) electrons. The molecule has 0 spiro atoms. The zero-order valence-electron chi connectivity index (χ0n) is 18.4. The normalized spacial score (nSPS) is 20.8.